The Balaban J connectivity index is 1.59. The van der Waals surface area contributed by atoms with Crippen molar-refractivity contribution >= 4 is 16.3 Å². The number of thiazole rings is 1. The monoisotopic (exact) mass is 303 g/mol. The average Bonchev–Trinajstić information content (AvgIpc) is 3.11. The van der Waals surface area contributed by atoms with Crippen molar-refractivity contribution in [3.8, 4) is 0 Å². The molecule has 0 aromatic carbocycles. The molecular weight excluding hydrogens is 282 g/mol. The van der Waals surface area contributed by atoms with Gasteiger partial charge in [-0.15, -0.1) is 11.3 Å². The van der Waals surface area contributed by atoms with E-state index >= 15 is 0 Å². The maximum absolute atomic E-state index is 5.37. The molecule has 1 unspecified atom stereocenters. The minimum atomic E-state index is 0.444. The van der Waals surface area contributed by atoms with Gasteiger partial charge in [-0.25, -0.2) is 4.98 Å². The molecule has 0 saturated heterocycles. The Morgan fingerprint density at radius 3 is 3.05 bits per heavy atom. The van der Waals surface area contributed by atoms with Gasteiger partial charge in [-0.2, -0.15) is 0 Å². The Morgan fingerprint density at radius 2 is 2.29 bits per heavy atom. The van der Waals surface area contributed by atoms with Crippen molar-refractivity contribution in [2.75, 3.05) is 0 Å². The number of rotatable bonds is 6. The van der Waals surface area contributed by atoms with Crippen LogP contribution in [0.1, 0.15) is 35.4 Å². The first-order chi connectivity index (χ1) is 10.1. The van der Waals surface area contributed by atoms with Gasteiger partial charge in [0.15, 0.2) is 4.96 Å². The SMILES string of the molecule is Cc1cn2c(CNC(C)CCc3ccco3)c(C)nc2s1. The van der Waals surface area contributed by atoms with Crippen molar-refractivity contribution < 1.29 is 4.42 Å². The van der Waals surface area contributed by atoms with E-state index in [1.165, 1.54) is 10.6 Å². The molecule has 0 spiro atoms. The molecule has 3 heterocycles. The van der Waals surface area contributed by atoms with Gasteiger partial charge in [-0.1, -0.05) is 0 Å². The molecule has 0 saturated carbocycles. The molecule has 0 radical (unpaired) electrons. The lowest BCUT2D eigenvalue weighted by atomic mass is 10.1. The molecule has 4 nitrogen and oxygen atoms in total. The average molecular weight is 303 g/mol. The zero-order chi connectivity index (χ0) is 14.8. The molecule has 1 atom stereocenters. The predicted octanol–water partition coefficient (Wildman–Crippen LogP) is 3.72. The van der Waals surface area contributed by atoms with Crippen molar-refractivity contribution in [1.29, 1.82) is 0 Å². The molecule has 0 aliphatic heterocycles. The largest absolute Gasteiger partial charge is 0.469 e. The van der Waals surface area contributed by atoms with Gasteiger partial charge in [0.1, 0.15) is 5.76 Å². The van der Waals surface area contributed by atoms with Crippen LogP contribution in [0.3, 0.4) is 0 Å². The van der Waals surface area contributed by atoms with Crippen LogP contribution < -0.4 is 5.32 Å². The first kappa shape index (κ1) is 14.4. The van der Waals surface area contributed by atoms with Gasteiger partial charge >= 0.3 is 0 Å². The maximum atomic E-state index is 5.37. The zero-order valence-corrected chi connectivity index (χ0v) is 13.5. The Bertz CT molecular complexity index is 711. The molecule has 3 rings (SSSR count). The van der Waals surface area contributed by atoms with E-state index in [-0.39, 0.29) is 0 Å². The number of imidazole rings is 1. The highest BCUT2D eigenvalue weighted by Crippen LogP contribution is 2.20. The quantitative estimate of drug-likeness (QED) is 0.754. The van der Waals surface area contributed by atoms with E-state index in [0.29, 0.717) is 6.04 Å². The molecule has 0 fully saturated rings. The third-order valence-corrected chi connectivity index (χ3v) is 4.66. The molecule has 3 aromatic heterocycles. The lowest BCUT2D eigenvalue weighted by molar-refractivity contribution is 0.457. The van der Waals surface area contributed by atoms with E-state index in [1.807, 2.05) is 12.1 Å². The fourth-order valence-corrected chi connectivity index (χ4v) is 3.40. The summed E-state index contributed by atoms with van der Waals surface area (Å²) < 4.78 is 7.58. The highest BCUT2D eigenvalue weighted by Gasteiger charge is 2.12. The smallest absolute Gasteiger partial charge is 0.194 e. The van der Waals surface area contributed by atoms with Gasteiger partial charge in [0.25, 0.3) is 0 Å². The molecule has 0 amide bonds. The van der Waals surface area contributed by atoms with Crippen LogP contribution >= 0.6 is 11.3 Å². The second kappa shape index (κ2) is 6.03. The Labute approximate surface area is 128 Å². The van der Waals surface area contributed by atoms with Crippen molar-refractivity contribution in [3.63, 3.8) is 0 Å². The summed E-state index contributed by atoms with van der Waals surface area (Å²) in [7, 11) is 0. The molecule has 5 heteroatoms. The van der Waals surface area contributed by atoms with Crippen molar-refractivity contribution in [2.45, 2.75) is 46.2 Å². The lowest BCUT2D eigenvalue weighted by Crippen LogP contribution is -2.26. The Hall–Kier alpha value is -1.59. The third kappa shape index (κ3) is 3.19. The van der Waals surface area contributed by atoms with Crippen LogP contribution in [0.4, 0.5) is 0 Å². The van der Waals surface area contributed by atoms with Gasteiger partial charge in [-0.3, -0.25) is 4.40 Å². The van der Waals surface area contributed by atoms with E-state index in [9.17, 15) is 0 Å². The van der Waals surface area contributed by atoms with Crippen molar-refractivity contribution in [2.24, 2.45) is 0 Å². The van der Waals surface area contributed by atoms with E-state index in [2.05, 4.69) is 41.7 Å². The number of aryl methyl sites for hydroxylation is 3. The summed E-state index contributed by atoms with van der Waals surface area (Å²) in [5, 5.41) is 3.59. The molecule has 1 N–H and O–H groups in total. The molecular formula is C16H21N3OS. The maximum Gasteiger partial charge on any atom is 0.194 e. The number of nitrogens with zero attached hydrogens (tertiary/aromatic N) is 2. The predicted molar refractivity (Wildman–Crippen MR) is 85.9 cm³/mol. The van der Waals surface area contributed by atoms with Gasteiger partial charge < -0.3 is 9.73 Å². The zero-order valence-electron chi connectivity index (χ0n) is 12.7. The van der Waals surface area contributed by atoms with Gasteiger partial charge in [0.2, 0.25) is 0 Å². The Morgan fingerprint density at radius 1 is 1.43 bits per heavy atom. The van der Waals surface area contributed by atoms with E-state index in [1.54, 1.807) is 17.6 Å². The fraction of sp³-hybridized carbons (Fsp3) is 0.438. The first-order valence-electron chi connectivity index (χ1n) is 7.33. The standard InChI is InChI=1S/C16H21N3OS/c1-11(6-7-14-5-4-8-20-14)17-9-15-13(3)18-16-19(15)10-12(2)21-16/h4-5,8,10-11,17H,6-7,9H2,1-3H3. The number of hydrogen-bond acceptors (Lipinski definition) is 4. The molecule has 0 aliphatic carbocycles. The highest BCUT2D eigenvalue weighted by atomic mass is 32.1. The third-order valence-electron chi connectivity index (χ3n) is 3.76. The second-order valence-corrected chi connectivity index (χ2v) is 6.75. The summed E-state index contributed by atoms with van der Waals surface area (Å²) >= 11 is 1.74. The summed E-state index contributed by atoms with van der Waals surface area (Å²) in [5.74, 6) is 1.06. The molecule has 3 aromatic rings. The van der Waals surface area contributed by atoms with Crippen molar-refractivity contribution in [1.82, 2.24) is 14.7 Å². The minimum Gasteiger partial charge on any atom is -0.469 e. The Kier molecular flexibility index (Phi) is 4.12. The fourth-order valence-electron chi connectivity index (χ4n) is 2.51. The summed E-state index contributed by atoms with van der Waals surface area (Å²) in [6.07, 6.45) is 5.94. The number of fused-ring (bicyclic) bond motifs is 1. The van der Waals surface area contributed by atoms with E-state index in [4.69, 9.17) is 4.42 Å². The van der Waals surface area contributed by atoms with Crippen LogP contribution in [0, 0.1) is 13.8 Å². The molecule has 21 heavy (non-hydrogen) atoms. The van der Waals surface area contributed by atoms with E-state index in [0.717, 1.165) is 35.8 Å². The normalized spacial score (nSPS) is 13.1. The number of hydrogen-bond donors (Lipinski definition) is 1. The number of furan rings is 1. The number of aromatic nitrogens is 2. The minimum absolute atomic E-state index is 0.444. The molecule has 0 bridgehead atoms. The van der Waals surface area contributed by atoms with E-state index < -0.39 is 0 Å². The summed E-state index contributed by atoms with van der Waals surface area (Å²) in [5.41, 5.74) is 2.38. The van der Waals surface area contributed by atoms with Gasteiger partial charge in [0.05, 0.1) is 17.7 Å². The number of nitrogens with one attached hydrogen (secondary N) is 1. The summed E-state index contributed by atoms with van der Waals surface area (Å²) in [4.78, 5) is 7.01. The second-order valence-electron chi connectivity index (χ2n) is 5.54. The lowest BCUT2D eigenvalue weighted by Gasteiger charge is -2.13. The summed E-state index contributed by atoms with van der Waals surface area (Å²) in [6, 6.07) is 4.42. The highest BCUT2D eigenvalue weighted by molar-refractivity contribution is 7.17. The topological polar surface area (TPSA) is 42.5 Å². The summed E-state index contributed by atoms with van der Waals surface area (Å²) in [6.45, 7) is 7.27. The van der Waals surface area contributed by atoms with Crippen LogP contribution in [-0.4, -0.2) is 15.4 Å². The van der Waals surface area contributed by atoms with Crippen LogP contribution in [0.15, 0.2) is 29.0 Å². The molecule has 112 valence electrons. The van der Waals surface area contributed by atoms with Crippen LogP contribution in [0.5, 0.6) is 0 Å². The van der Waals surface area contributed by atoms with Crippen LogP contribution in [0.25, 0.3) is 4.96 Å². The van der Waals surface area contributed by atoms with Crippen molar-refractivity contribution in [3.05, 3.63) is 46.6 Å². The van der Waals surface area contributed by atoms with Crippen LogP contribution in [-0.2, 0) is 13.0 Å². The van der Waals surface area contributed by atoms with Crippen LogP contribution in [0.2, 0.25) is 0 Å². The van der Waals surface area contributed by atoms with Gasteiger partial charge in [-0.05, 0) is 39.3 Å². The first-order valence-corrected chi connectivity index (χ1v) is 8.15. The van der Waals surface area contributed by atoms with Gasteiger partial charge in [0, 0.05) is 30.1 Å². The molecule has 0 aliphatic rings.